The molecule has 0 aliphatic heterocycles. The fourth-order valence-corrected chi connectivity index (χ4v) is 2.86. The van der Waals surface area contributed by atoms with E-state index >= 15 is 0 Å². The molecule has 0 aliphatic carbocycles. The Bertz CT molecular complexity index is 1060. The number of rotatable bonds is 5. The lowest BCUT2D eigenvalue weighted by Gasteiger charge is -2.09. The molecular weight excluding hydrogens is 412 g/mol. The first kappa shape index (κ1) is 17.1. The molecule has 4 aromatic rings. The summed E-state index contributed by atoms with van der Waals surface area (Å²) in [5.74, 6) is 1.92. The van der Waals surface area contributed by atoms with Crippen LogP contribution in [0.2, 0.25) is 0 Å². The number of aromatic nitrogens is 4. The largest absolute Gasteiger partial charge is 0.496 e. The van der Waals surface area contributed by atoms with Crippen molar-refractivity contribution < 1.29 is 9.15 Å². The minimum Gasteiger partial charge on any atom is -0.496 e. The van der Waals surface area contributed by atoms with E-state index in [1.54, 1.807) is 18.0 Å². The number of halogens is 1. The summed E-state index contributed by atoms with van der Waals surface area (Å²) in [4.78, 5) is 8.20. The van der Waals surface area contributed by atoms with E-state index in [9.17, 15) is 0 Å². The first-order valence-corrected chi connectivity index (χ1v) is 8.76. The zero-order valence-electron chi connectivity index (χ0n) is 14.3. The lowest BCUT2D eigenvalue weighted by molar-refractivity contribution is 0.415. The van der Waals surface area contributed by atoms with Gasteiger partial charge in [0.15, 0.2) is 12.2 Å². The van der Waals surface area contributed by atoms with Gasteiger partial charge in [0, 0.05) is 16.2 Å². The molecule has 0 bridgehead atoms. The van der Waals surface area contributed by atoms with E-state index in [0.29, 0.717) is 17.5 Å². The Balaban J connectivity index is 1.61. The Hall–Kier alpha value is -3.33. The van der Waals surface area contributed by atoms with Crippen LogP contribution in [-0.4, -0.2) is 26.9 Å². The Morgan fingerprint density at radius 3 is 2.70 bits per heavy atom. The van der Waals surface area contributed by atoms with E-state index in [1.807, 2.05) is 42.5 Å². The van der Waals surface area contributed by atoms with Crippen LogP contribution in [-0.2, 0) is 0 Å². The predicted octanol–water partition coefficient (Wildman–Crippen LogP) is 4.02. The van der Waals surface area contributed by atoms with E-state index in [-0.39, 0.29) is 5.95 Å². The van der Waals surface area contributed by atoms with Crippen molar-refractivity contribution in [1.29, 1.82) is 0 Å². The van der Waals surface area contributed by atoms with E-state index in [4.69, 9.17) is 14.9 Å². The third-order valence-electron chi connectivity index (χ3n) is 3.86. The second kappa shape index (κ2) is 7.12. The fraction of sp³-hybridized carbons (Fsp3) is 0.0556. The molecule has 0 aliphatic rings. The van der Waals surface area contributed by atoms with Gasteiger partial charge in [-0.05, 0) is 36.4 Å². The molecule has 0 unspecified atom stereocenters. The molecule has 136 valence electrons. The van der Waals surface area contributed by atoms with E-state index in [1.165, 1.54) is 6.39 Å². The van der Waals surface area contributed by atoms with Crippen molar-refractivity contribution in [2.24, 2.45) is 0 Å². The standard InChI is InChI=1S/C18H15BrN6O2/c1-26-15-8-12(4-7-14(15)16-9-21-10-27-16)22-18-23-17(20)25(24-18)13-5-2-11(19)3-6-13/h2-10H,1H3,(H3,20,22,23,24). The van der Waals surface area contributed by atoms with Gasteiger partial charge in [0.2, 0.25) is 11.9 Å². The Morgan fingerprint density at radius 2 is 2.00 bits per heavy atom. The third kappa shape index (κ3) is 3.49. The normalized spacial score (nSPS) is 10.7. The summed E-state index contributed by atoms with van der Waals surface area (Å²) in [5, 5.41) is 7.55. The number of nitrogen functional groups attached to an aromatic ring is 1. The number of nitrogens with one attached hydrogen (secondary N) is 1. The van der Waals surface area contributed by atoms with Gasteiger partial charge in [0.25, 0.3) is 0 Å². The minimum absolute atomic E-state index is 0.282. The van der Waals surface area contributed by atoms with Crippen LogP contribution in [0.4, 0.5) is 17.6 Å². The van der Waals surface area contributed by atoms with Gasteiger partial charge in [-0.25, -0.2) is 4.98 Å². The molecule has 0 fully saturated rings. The average molecular weight is 427 g/mol. The fourth-order valence-electron chi connectivity index (χ4n) is 2.60. The molecule has 2 aromatic carbocycles. The Labute approximate surface area is 163 Å². The molecule has 8 nitrogen and oxygen atoms in total. The first-order chi connectivity index (χ1) is 13.1. The quantitative estimate of drug-likeness (QED) is 0.496. The topological polar surface area (TPSA) is 104 Å². The maximum atomic E-state index is 6.00. The van der Waals surface area contributed by atoms with Gasteiger partial charge in [-0.2, -0.15) is 9.67 Å². The lowest BCUT2D eigenvalue weighted by Crippen LogP contribution is -2.02. The molecule has 0 saturated heterocycles. The van der Waals surface area contributed by atoms with Gasteiger partial charge in [0.1, 0.15) is 5.75 Å². The molecule has 0 saturated carbocycles. The Kier molecular flexibility index (Phi) is 4.51. The van der Waals surface area contributed by atoms with Gasteiger partial charge in [-0.15, -0.1) is 5.10 Å². The van der Waals surface area contributed by atoms with Gasteiger partial charge >= 0.3 is 0 Å². The maximum absolute atomic E-state index is 6.00. The molecule has 0 atom stereocenters. The average Bonchev–Trinajstić information content (AvgIpc) is 3.32. The summed E-state index contributed by atoms with van der Waals surface area (Å²) in [6, 6.07) is 13.2. The highest BCUT2D eigenvalue weighted by molar-refractivity contribution is 9.10. The Morgan fingerprint density at radius 1 is 1.19 bits per heavy atom. The monoisotopic (exact) mass is 426 g/mol. The zero-order chi connectivity index (χ0) is 18.8. The van der Waals surface area contributed by atoms with Gasteiger partial charge in [-0.3, -0.25) is 0 Å². The van der Waals surface area contributed by atoms with Crippen LogP contribution in [0.25, 0.3) is 17.0 Å². The molecule has 2 aromatic heterocycles. The van der Waals surface area contributed by atoms with Crippen molar-refractivity contribution in [2.75, 3.05) is 18.2 Å². The summed E-state index contributed by atoms with van der Waals surface area (Å²) >= 11 is 3.41. The molecule has 0 spiro atoms. The van der Waals surface area contributed by atoms with Crippen LogP contribution in [0, 0.1) is 0 Å². The minimum atomic E-state index is 0.282. The number of oxazole rings is 1. The second-order valence-corrected chi connectivity index (χ2v) is 6.50. The second-order valence-electron chi connectivity index (χ2n) is 5.59. The van der Waals surface area contributed by atoms with Crippen molar-refractivity contribution in [2.45, 2.75) is 0 Å². The van der Waals surface area contributed by atoms with Crippen molar-refractivity contribution in [3.05, 3.63) is 59.5 Å². The molecule has 0 radical (unpaired) electrons. The SMILES string of the molecule is COc1cc(Nc2nc(N)n(-c3ccc(Br)cc3)n2)ccc1-c1cnco1. The molecule has 9 heteroatoms. The van der Waals surface area contributed by atoms with E-state index < -0.39 is 0 Å². The van der Waals surface area contributed by atoms with Crippen LogP contribution >= 0.6 is 15.9 Å². The highest BCUT2D eigenvalue weighted by Crippen LogP contribution is 2.33. The van der Waals surface area contributed by atoms with Gasteiger partial charge in [-0.1, -0.05) is 15.9 Å². The lowest BCUT2D eigenvalue weighted by atomic mass is 10.1. The summed E-state index contributed by atoms with van der Waals surface area (Å²) in [6.07, 6.45) is 3.01. The van der Waals surface area contributed by atoms with Crippen molar-refractivity contribution >= 4 is 33.5 Å². The third-order valence-corrected chi connectivity index (χ3v) is 4.39. The van der Waals surface area contributed by atoms with E-state index in [2.05, 4.69) is 36.3 Å². The number of hydrogen-bond acceptors (Lipinski definition) is 7. The molecule has 0 amide bonds. The number of nitrogens with two attached hydrogens (primary N) is 1. The molecule has 2 heterocycles. The van der Waals surface area contributed by atoms with Crippen LogP contribution in [0.1, 0.15) is 0 Å². The summed E-state index contributed by atoms with van der Waals surface area (Å²) in [6.45, 7) is 0. The number of anilines is 3. The summed E-state index contributed by atoms with van der Waals surface area (Å²) in [7, 11) is 1.59. The summed E-state index contributed by atoms with van der Waals surface area (Å²) in [5.41, 5.74) is 8.37. The molecule has 27 heavy (non-hydrogen) atoms. The number of benzene rings is 2. The van der Waals surface area contributed by atoms with Gasteiger partial charge in [0.05, 0.1) is 24.6 Å². The zero-order valence-corrected chi connectivity index (χ0v) is 15.8. The smallest absolute Gasteiger partial charge is 0.248 e. The molecule has 3 N–H and O–H groups in total. The van der Waals surface area contributed by atoms with Crippen LogP contribution < -0.4 is 15.8 Å². The highest BCUT2D eigenvalue weighted by Gasteiger charge is 2.13. The maximum Gasteiger partial charge on any atom is 0.248 e. The number of hydrogen-bond donors (Lipinski definition) is 2. The number of nitrogens with zero attached hydrogens (tertiary/aromatic N) is 4. The highest BCUT2D eigenvalue weighted by atomic mass is 79.9. The van der Waals surface area contributed by atoms with E-state index in [0.717, 1.165) is 21.4 Å². The summed E-state index contributed by atoms with van der Waals surface area (Å²) < 4.78 is 13.3. The van der Waals surface area contributed by atoms with Crippen LogP contribution in [0.3, 0.4) is 0 Å². The van der Waals surface area contributed by atoms with Crippen molar-refractivity contribution in [1.82, 2.24) is 19.7 Å². The van der Waals surface area contributed by atoms with Crippen molar-refractivity contribution in [3.8, 4) is 22.8 Å². The predicted molar refractivity (Wildman–Crippen MR) is 105 cm³/mol. The first-order valence-electron chi connectivity index (χ1n) is 7.96. The van der Waals surface area contributed by atoms with Gasteiger partial charge < -0.3 is 20.2 Å². The van der Waals surface area contributed by atoms with Crippen molar-refractivity contribution in [3.63, 3.8) is 0 Å². The molecule has 4 rings (SSSR count). The number of methoxy groups -OCH3 is 1. The number of ether oxygens (including phenoxy) is 1. The molecular formula is C18H15BrN6O2. The van der Waals surface area contributed by atoms with Crippen LogP contribution in [0.5, 0.6) is 5.75 Å². The van der Waals surface area contributed by atoms with Crippen LogP contribution in [0.15, 0.2) is 63.9 Å².